The van der Waals surface area contributed by atoms with Crippen molar-refractivity contribution in [3.05, 3.63) is 30.1 Å². The van der Waals surface area contributed by atoms with Gasteiger partial charge in [-0.25, -0.2) is 4.39 Å². The number of halogens is 1. The van der Waals surface area contributed by atoms with Crippen molar-refractivity contribution in [2.75, 3.05) is 24.4 Å². The number of carbonyl (C=O) groups is 1. The summed E-state index contributed by atoms with van der Waals surface area (Å²) in [6.07, 6.45) is 5.58. The average Bonchev–Trinajstić information content (AvgIpc) is 2.70. The third-order valence-corrected chi connectivity index (χ3v) is 7.87. The summed E-state index contributed by atoms with van der Waals surface area (Å²) in [5, 5.41) is 3.13. The number of piperidine rings is 1. The second-order valence-corrected chi connectivity index (χ2v) is 10.1. The molecule has 1 aliphatic carbocycles. The largest absolute Gasteiger partial charge is 0.353 e. The van der Waals surface area contributed by atoms with Crippen LogP contribution in [0.3, 0.4) is 0 Å². The lowest BCUT2D eigenvalue weighted by molar-refractivity contribution is -0.127. The molecule has 8 heteroatoms. The SMILES string of the molecule is CC1CCC(NC(=O)C2CCCN(S(=O)(=O)N(C)c3ccc(F)cc3)C2)CC1. The molecule has 28 heavy (non-hydrogen) atoms. The van der Waals surface area contributed by atoms with Crippen molar-refractivity contribution >= 4 is 21.8 Å². The summed E-state index contributed by atoms with van der Waals surface area (Å²) in [6.45, 7) is 2.81. The van der Waals surface area contributed by atoms with E-state index < -0.39 is 16.0 Å². The molecular weight excluding hydrogens is 381 g/mol. The van der Waals surface area contributed by atoms with Crippen LogP contribution < -0.4 is 9.62 Å². The van der Waals surface area contributed by atoms with Crippen LogP contribution >= 0.6 is 0 Å². The van der Waals surface area contributed by atoms with Crippen molar-refractivity contribution in [1.29, 1.82) is 0 Å². The Morgan fingerprint density at radius 3 is 2.43 bits per heavy atom. The fraction of sp³-hybridized carbons (Fsp3) is 0.650. The van der Waals surface area contributed by atoms with Crippen LogP contribution in [0.25, 0.3) is 0 Å². The van der Waals surface area contributed by atoms with Gasteiger partial charge in [0.15, 0.2) is 0 Å². The Hall–Kier alpha value is -1.67. The Kier molecular flexibility index (Phi) is 6.60. The number of amides is 1. The van der Waals surface area contributed by atoms with Crippen LogP contribution in [0.5, 0.6) is 0 Å². The fourth-order valence-electron chi connectivity index (χ4n) is 4.05. The van der Waals surface area contributed by atoms with Gasteiger partial charge in [-0.1, -0.05) is 6.92 Å². The molecule has 6 nitrogen and oxygen atoms in total. The van der Waals surface area contributed by atoms with Gasteiger partial charge >= 0.3 is 10.2 Å². The van der Waals surface area contributed by atoms with E-state index in [4.69, 9.17) is 0 Å². The minimum atomic E-state index is -3.77. The standard InChI is InChI=1S/C20H30FN3O3S/c1-15-5-9-18(10-6-15)22-20(25)16-4-3-13-24(14-16)28(26,27)23(2)19-11-7-17(21)8-12-19/h7-8,11-12,15-16,18H,3-6,9-10,13-14H2,1-2H3,(H,22,25). The third kappa shape index (κ3) is 4.84. The topological polar surface area (TPSA) is 69.7 Å². The van der Waals surface area contributed by atoms with E-state index in [2.05, 4.69) is 12.2 Å². The van der Waals surface area contributed by atoms with Crippen LogP contribution in [0.4, 0.5) is 10.1 Å². The number of nitrogens with zero attached hydrogens (tertiary/aromatic N) is 2. The fourth-order valence-corrected chi connectivity index (χ4v) is 5.51. The van der Waals surface area contributed by atoms with Crippen LogP contribution in [-0.4, -0.2) is 44.8 Å². The third-order valence-electron chi connectivity index (χ3n) is 5.98. The summed E-state index contributed by atoms with van der Waals surface area (Å²) < 4.78 is 41.6. The van der Waals surface area contributed by atoms with Crippen molar-refractivity contribution in [3.63, 3.8) is 0 Å². The first-order valence-electron chi connectivity index (χ1n) is 10.1. The highest BCUT2D eigenvalue weighted by Crippen LogP contribution is 2.26. The lowest BCUT2D eigenvalue weighted by atomic mass is 9.87. The molecule has 2 aliphatic rings. The Labute approximate surface area is 167 Å². The highest BCUT2D eigenvalue weighted by molar-refractivity contribution is 7.90. The second-order valence-electron chi connectivity index (χ2n) is 8.11. The van der Waals surface area contributed by atoms with Crippen LogP contribution in [0.2, 0.25) is 0 Å². The van der Waals surface area contributed by atoms with E-state index in [-0.39, 0.29) is 24.4 Å². The van der Waals surface area contributed by atoms with E-state index in [1.54, 1.807) is 0 Å². The van der Waals surface area contributed by atoms with Gasteiger partial charge < -0.3 is 5.32 Å². The first-order valence-corrected chi connectivity index (χ1v) is 11.5. The summed E-state index contributed by atoms with van der Waals surface area (Å²) >= 11 is 0. The van der Waals surface area contributed by atoms with E-state index in [1.807, 2.05) is 0 Å². The maximum absolute atomic E-state index is 13.1. The molecule has 1 saturated carbocycles. The maximum atomic E-state index is 13.1. The monoisotopic (exact) mass is 411 g/mol. The smallest absolute Gasteiger partial charge is 0.303 e. The maximum Gasteiger partial charge on any atom is 0.303 e. The zero-order chi connectivity index (χ0) is 20.3. The van der Waals surface area contributed by atoms with Gasteiger partial charge in [0.05, 0.1) is 11.6 Å². The number of hydrogen-bond acceptors (Lipinski definition) is 3. The van der Waals surface area contributed by atoms with Crippen LogP contribution in [-0.2, 0) is 15.0 Å². The minimum absolute atomic E-state index is 0.0381. The van der Waals surface area contributed by atoms with E-state index >= 15 is 0 Å². The Balaban J connectivity index is 1.63. The summed E-state index contributed by atoms with van der Waals surface area (Å²) in [5.41, 5.74) is 0.393. The Bertz CT molecular complexity index is 776. The molecule has 1 aliphatic heterocycles. The summed E-state index contributed by atoms with van der Waals surface area (Å²) in [5.74, 6) is -0.0693. The second kappa shape index (κ2) is 8.78. The molecule has 156 valence electrons. The van der Waals surface area contributed by atoms with Gasteiger partial charge in [-0.05, 0) is 68.7 Å². The summed E-state index contributed by atoms with van der Waals surface area (Å²) in [4.78, 5) is 12.7. The summed E-state index contributed by atoms with van der Waals surface area (Å²) in [7, 11) is -2.32. The van der Waals surface area contributed by atoms with E-state index in [0.29, 0.717) is 31.0 Å². The number of benzene rings is 1. The quantitative estimate of drug-likeness (QED) is 0.810. The molecule has 3 rings (SSSR count). The lowest BCUT2D eigenvalue weighted by Crippen LogP contribution is -2.51. The molecule has 1 aromatic rings. The molecule has 1 saturated heterocycles. The molecule has 1 amide bonds. The van der Waals surface area contributed by atoms with Crippen molar-refractivity contribution in [2.45, 2.75) is 51.5 Å². The van der Waals surface area contributed by atoms with E-state index in [0.717, 1.165) is 30.0 Å². The zero-order valence-corrected chi connectivity index (χ0v) is 17.4. The van der Waals surface area contributed by atoms with E-state index in [1.165, 1.54) is 35.6 Å². The van der Waals surface area contributed by atoms with Gasteiger partial charge in [0.2, 0.25) is 5.91 Å². The molecule has 1 aromatic carbocycles. The number of nitrogens with one attached hydrogen (secondary N) is 1. The van der Waals surface area contributed by atoms with Gasteiger partial charge in [0.25, 0.3) is 0 Å². The average molecular weight is 412 g/mol. The lowest BCUT2D eigenvalue weighted by Gasteiger charge is -2.35. The van der Waals surface area contributed by atoms with Crippen molar-refractivity contribution in [2.24, 2.45) is 11.8 Å². The van der Waals surface area contributed by atoms with Gasteiger partial charge in [0, 0.05) is 26.2 Å². The molecule has 1 N–H and O–H groups in total. The molecule has 1 atom stereocenters. The van der Waals surface area contributed by atoms with Crippen LogP contribution in [0, 0.1) is 17.7 Å². The number of anilines is 1. The highest BCUT2D eigenvalue weighted by atomic mass is 32.2. The number of carbonyl (C=O) groups excluding carboxylic acids is 1. The first-order chi connectivity index (χ1) is 13.3. The van der Waals surface area contributed by atoms with Gasteiger partial charge in [-0.3, -0.25) is 9.10 Å². The normalized spacial score (nSPS) is 26.6. The number of hydrogen-bond donors (Lipinski definition) is 1. The zero-order valence-electron chi connectivity index (χ0n) is 16.6. The molecule has 0 bridgehead atoms. The minimum Gasteiger partial charge on any atom is -0.353 e. The predicted octanol–water partition coefficient (Wildman–Crippen LogP) is 2.91. The van der Waals surface area contributed by atoms with Crippen molar-refractivity contribution in [1.82, 2.24) is 9.62 Å². The molecule has 1 heterocycles. The highest BCUT2D eigenvalue weighted by Gasteiger charge is 2.35. The van der Waals surface area contributed by atoms with Crippen LogP contribution in [0.15, 0.2) is 24.3 Å². The molecule has 0 aromatic heterocycles. The molecular formula is C20H30FN3O3S. The first kappa shape index (κ1) is 21.0. The molecule has 0 spiro atoms. The summed E-state index contributed by atoms with van der Waals surface area (Å²) in [6, 6.07) is 5.55. The van der Waals surface area contributed by atoms with Crippen LogP contribution in [0.1, 0.15) is 45.4 Å². The van der Waals surface area contributed by atoms with E-state index in [9.17, 15) is 17.6 Å². The predicted molar refractivity (Wildman–Crippen MR) is 108 cm³/mol. The van der Waals surface area contributed by atoms with Gasteiger partial charge in [-0.2, -0.15) is 12.7 Å². The van der Waals surface area contributed by atoms with Gasteiger partial charge in [-0.15, -0.1) is 0 Å². The van der Waals surface area contributed by atoms with Crippen molar-refractivity contribution < 1.29 is 17.6 Å². The van der Waals surface area contributed by atoms with Crippen molar-refractivity contribution in [3.8, 4) is 0 Å². The Morgan fingerprint density at radius 1 is 1.14 bits per heavy atom. The molecule has 0 radical (unpaired) electrons. The van der Waals surface area contributed by atoms with Gasteiger partial charge in [0.1, 0.15) is 5.82 Å². The molecule has 1 unspecified atom stereocenters. The Morgan fingerprint density at radius 2 is 1.79 bits per heavy atom. The number of rotatable bonds is 5. The molecule has 2 fully saturated rings.